The summed E-state index contributed by atoms with van der Waals surface area (Å²) >= 11 is 0. The summed E-state index contributed by atoms with van der Waals surface area (Å²) in [4.78, 5) is 24.2. The highest BCUT2D eigenvalue weighted by Gasteiger charge is 2.19. The number of nitrogens with zero attached hydrogens (tertiary/aromatic N) is 5. The highest BCUT2D eigenvalue weighted by atomic mass is 19.1. The van der Waals surface area contributed by atoms with Gasteiger partial charge in [-0.2, -0.15) is 5.10 Å². The van der Waals surface area contributed by atoms with E-state index in [-0.39, 0.29) is 23.2 Å². The lowest BCUT2D eigenvalue weighted by atomic mass is 10.0. The Bertz CT molecular complexity index is 1010. The molecular weight excluding hydrogens is 389 g/mol. The monoisotopic (exact) mass is 413 g/mol. The quantitative estimate of drug-likeness (QED) is 0.415. The van der Waals surface area contributed by atoms with E-state index in [9.17, 15) is 9.18 Å². The van der Waals surface area contributed by atoms with Gasteiger partial charge in [0.25, 0.3) is 5.91 Å². The second-order valence-electron chi connectivity index (χ2n) is 7.15. The van der Waals surface area contributed by atoms with Crippen LogP contribution < -0.4 is 22.1 Å². The largest absolute Gasteiger partial charge is 0.365 e. The Balaban J connectivity index is 1.93. The number of rotatable bonds is 9. The predicted molar refractivity (Wildman–Crippen MR) is 111 cm³/mol. The van der Waals surface area contributed by atoms with Crippen molar-refractivity contribution in [1.29, 1.82) is 0 Å². The summed E-state index contributed by atoms with van der Waals surface area (Å²) in [6, 6.07) is 4.24. The Labute approximate surface area is 172 Å². The van der Waals surface area contributed by atoms with Gasteiger partial charge in [-0.1, -0.05) is 13.8 Å². The van der Waals surface area contributed by atoms with Crippen LogP contribution in [0.15, 0.2) is 37.1 Å². The first-order chi connectivity index (χ1) is 14.4. The van der Waals surface area contributed by atoms with Crippen molar-refractivity contribution in [3.63, 3.8) is 0 Å². The van der Waals surface area contributed by atoms with Crippen LogP contribution in [0.25, 0.3) is 5.82 Å². The third-order valence-electron chi connectivity index (χ3n) is 4.28. The highest BCUT2D eigenvalue weighted by Crippen LogP contribution is 2.25. The summed E-state index contributed by atoms with van der Waals surface area (Å²) in [6.45, 7) is 4.41. The van der Waals surface area contributed by atoms with E-state index < -0.39 is 11.7 Å². The van der Waals surface area contributed by atoms with Crippen molar-refractivity contribution in [1.82, 2.24) is 24.7 Å². The predicted octanol–water partition coefficient (Wildman–Crippen LogP) is 1.82. The molecule has 0 fully saturated rings. The Morgan fingerprint density at radius 3 is 2.73 bits per heavy atom. The van der Waals surface area contributed by atoms with Crippen molar-refractivity contribution in [2.24, 2.45) is 17.4 Å². The van der Waals surface area contributed by atoms with Crippen LogP contribution in [0.1, 0.15) is 30.6 Å². The molecule has 3 rings (SSSR count). The lowest BCUT2D eigenvalue weighted by molar-refractivity contribution is 0.100. The van der Waals surface area contributed by atoms with Crippen molar-refractivity contribution in [3.05, 3.63) is 48.4 Å². The summed E-state index contributed by atoms with van der Waals surface area (Å²) in [7, 11) is 0. The van der Waals surface area contributed by atoms with Gasteiger partial charge in [0.1, 0.15) is 18.5 Å². The van der Waals surface area contributed by atoms with Gasteiger partial charge in [0, 0.05) is 30.5 Å². The molecule has 0 saturated heterocycles. The summed E-state index contributed by atoms with van der Waals surface area (Å²) < 4.78 is 16.1. The fourth-order valence-corrected chi connectivity index (χ4v) is 2.93. The number of halogens is 1. The number of nitrogens with one attached hydrogen (secondary N) is 2. The molecule has 1 amide bonds. The number of amides is 1. The molecule has 6 N–H and O–H groups in total. The molecule has 0 aliphatic carbocycles. The molecule has 0 bridgehead atoms. The van der Waals surface area contributed by atoms with Crippen molar-refractivity contribution in [2.75, 3.05) is 17.2 Å². The van der Waals surface area contributed by atoms with Gasteiger partial charge in [-0.25, -0.2) is 24.0 Å². The Hall–Kier alpha value is -3.60. The number of hydrogen-bond acceptors (Lipinski definition) is 8. The Morgan fingerprint density at radius 1 is 1.30 bits per heavy atom. The van der Waals surface area contributed by atoms with Crippen molar-refractivity contribution < 1.29 is 9.18 Å². The van der Waals surface area contributed by atoms with Crippen molar-refractivity contribution >= 4 is 23.2 Å². The van der Waals surface area contributed by atoms with E-state index in [1.807, 2.05) is 13.8 Å². The third kappa shape index (κ3) is 5.06. The lowest BCUT2D eigenvalue weighted by Gasteiger charge is -2.21. The molecule has 158 valence electrons. The standard InChI is InChI=1S/C19H24FN9O/c1-11(2)5-13(8-21)27-19-15(20)7-14(17(22)30)18(28-19)26-12-3-4-24-16(6-12)29-10-23-9-25-29/h3-4,6-7,9-11,13H,5,8,21H2,1-2H3,(H2,22,30)(H2,24,26,27,28)/t13-/m1/s1. The zero-order valence-electron chi connectivity index (χ0n) is 16.7. The van der Waals surface area contributed by atoms with Gasteiger partial charge in [0.2, 0.25) is 0 Å². The number of hydrogen-bond donors (Lipinski definition) is 4. The molecule has 3 heterocycles. The van der Waals surface area contributed by atoms with Gasteiger partial charge in [-0.05, 0) is 24.5 Å². The molecule has 3 aromatic heterocycles. The summed E-state index contributed by atoms with van der Waals surface area (Å²) in [6.07, 6.45) is 5.18. The number of aromatic nitrogens is 5. The van der Waals surface area contributed by atoms with Crippen LogP contribution in [-0.4, -0.2) is 43.2 Å². The van der Waals surface area contributed by atoms with Gasteiger partial charge in [0.15, 0.2) is 17.5 Å². The van der Waals surface area contributed by atoms with Gasteiger partial charge < -0.3 is 22.1 Å². The minimum Gasteiger partial charge on any atom is -0.365 e. The van der Waals surface area contributed by atoms with Gasteiger partial charge in [-0.15, -0.1) is 0 Å². The maximum absolute atomic E-state index is 14.6. The lowest BCUT2D eigenvalue weighted by Crippen LogP contribution is -2.31. The number of nitrogens with two attached hydrogens (primary N) is 2. The molecule has 11 heteroatoms. The third-order valence-corrected chi connectivity index (χ3v) is 4.28. The first-order valence-corrected chi connectivity index (χ1v) is 9.42. The smallest absolute Gasteiger partial charge is 0.252 e. The average Bonchev–Trinajstić information content (AvgIpc) is 3.24. The first kappa shape index (κ1) is 21.1. The molecule has 0 saturated carbocycles. The summed E-state index contributed by atoms with van der Waals surface area (Å²) in [5.41, 5.74) is 11.7. The van der Waals surface area contributed by atoms with Crippen LogP contribution in [0.5, 0.6) is 0 Å². The van der Waals surface area contributed by atoms with Crippen LogP contribution in [0.2, 0.25) is 0 Å². The summed E-state index contributed by atoms with van der Waals surface area (Å²) in [5, 5.41) is 10.0. The summed E-state index contributed by atoms with van der Waals surface area (Å²) in [5.74, 6) is -0.526. The van der Waals surface area contributed by atoms with Crippen molar-refractivity contribution in [3.8, 4) is 5.82 Å². The van der Waals surface area contributed by atoms with E-state index in [0.717, 1.165) is 12.5 Å². The number of pyridine rings is 2. The van der Waals surface area contributed by atoms with Crippen LogP contribution in [0, 0.1) is 11.7 Å². The van der Waals surface area contributed by atoms with E-state index >= 15 is 0 Å². The fourth-order valence-electron chi connectivity index (χ4n) is 2.93. The van der Waals surface area contributed by atoms with Crippen LogP contribution in [0.3, 0.4) is 0 Å². The maximum atomic E-state index is 14.6. The molecule has 30 heavy (non-hydrogen) atoms. The molecule has 0 spiro atoms. The fraction of sp³-hybridized carbons (Fsp3) is 0.316. The molecule has 0 aromatic carbocycles. The Morgan fingerprint density at radius 2 is 2.10 bits per heavy atom. The minimum absolute atomic E-state index is 0.0100. The first-order valence-electron chi connectivity index (χ1n) is 9.42. The van der Waals surface area contributed by atoms with E-state index in [2.05, 4.69) is 30.7 Å². The van der Waals surface area contributed by atoms with E-state index in [1.54, 1.807) is 18.3 Å². The molecule has 0 aliphatic heterocycles. The van der Waals surface area contributed by atoms with Gasteiger partial charge >= 0.3 is 0 Å². The SMILES string of the molecule is CC(C)C[C@H](CN)Nc1nc(Nc2ccnc(-n3cncn3)c2)c(C(N)=O)cc1F. The van der Waals surface area contributed by atoms with E-state index in [4.69, 9.17) is 11.5 Å². The molecule has 0 radical (unpaired) electrons. The average molecular weight is 413 g/mol. The zero-order chi connectivity index (χ0) is 21.7. The van der Waals surface area contributed by atoms with Crippen LogP contribution in [0.4, 0.5) is 21.7 Å². The Kier molecular flexibility index (Phi) is 6.52. The van der Waals surface area contributed by atoms with E-state index in [1.165, 1.54) is 17.3 Å². The molecule has 10 nitrogen and oxygen atoms in total. The van der Waals surface area contributed by atoms with Crippen LogP contribution in [-0.2, 0) is 0 Å². The number of carbonyl (C=O) groups is 1. The number of carbonyl (C=O) groups excluding carboxylic acids is 1. The highest BCUT2D eigenvalue weighted by molar-refractivity contribution is 5.98. The molecule has 0 unspecified atom stereocenters. The molecular formula is C19H24FN9O. The minimum atomic E-state index is -0.807. The number of anilines is 3. The normalized spacial score (nSPS) is 12.0. The van der Waals surface area contributed by atoms with Crippen LogP contribution >= 0.6 is 0 Å². The molecule has 0 aliphatic rings. The van der Waals surface area contributed by atoms with Gasteiger partial charge in [-0.3, -0.25) is 4.79 Å². The topological polar surface area (TPSA) is 150 Å². The second kappa shape index (κ2) is 9.27. The molecule has 1 atom stereocenters. The van der Waals surface area contributed by atoms with Gasteiger partial charge in [0.05, 0.1) is 5.56 Å². The maximum Gasteiger partial charge on any atom is 0.252 e. The molecule has 3 aromatic rings. The van der Waals surface area contributed by atoms with E-state index in [0.29, 0.717) is 24.0 Å². The van der Waals surface area contributed by atoms with Crippen molar-refractivity contribution in [2.45, 2.75) is 26.3 Å². The number of primary amides is 1. The second-order valence-corrected chi connectivity index (χ2v) is 7.15. The zero-order valence-corrected chi connectivity index (χ0v) is 16.7.